The molecule has 0 spiro atoms. The monoisotopic (exact) mass is 354 g/mol. The molecule has 2 rings (SSSR count). The average Bonchev–Trinajstić information content (AvgIpc) is 2.92. The number of rotatable bonds is 7. The minimum atomic E-state index is -0.381. The third kappa shape index (κ3) is 5.80. The van der Waals surface area contributed by atoms with E-state index in [-0.39, 0.29) is 17.0 Å². The van der Waals surface area contributed by atoms with Gasteiger partial charge < -0.3 is 10.6 Å². The van der Waals surface area contributed by atoms with Crippen molar-refractivity contribution in [3.8, 4) is 0 Å². The van der Waals surface area contributed by atoms with Crippen LogP contribution in [-0.2, 0) is 4.79 Å². The maximum Gasteiger partial charge on any atom is 0.237 e. The fraction of sp³-hybridized carbons (Fsp3) is 0.400. The summed E-state index contributed by atoms with van der Waals surface area (Å²) in [5, 5.41) is 14.4. The molecule has 1 heterocycles. The second kappa shape index (κ2) is 8.26. The molecular formula is C15H19FN4OS2. The molecule has 0 aliphatic rings. The second-order valence-electron chi connectivity index (χ2n) is 5.41. The highest BCUT2D eigenvalue weighted by atomic mass is 32.2. The smallest absolute Gasteiger partial charge is 0.237 e. The molecule has 0 radical (unpaired) electrons. The molecule has 124 valence electrons. The summed E-state index contributed by atoms with van der Waals surface area (Å²) in [6.45, 7) is 6.84. The molecule has 8 heteroatoms. The van der Waals surface area contributed by atoms with Crippen LogP contribution in [0, 0.1) is 11.7 Å². The SMILES string of the molecule is CC(C)CNc1nnc(SC(C)C(=O)Nc2cccc(F)c2)s1. The van der Waals surface area contributed by atoms with Crippen LogP contribution in [0.3, 0.4) is 0 Å². The molecule has 0 aliphatic carbocycles. The van der Waals surface area contributed by atoms with Gasteiger partial charge in [0.2, 0.25) is 11.0 Å². The molecule has 0 aliphatic heterocycles. The fourth-order valence-electron chi connectivity index (χ4n) is 1.64. The molecule has 1 atom stereocenters. The lowest BCUT2D eigenvalue weighted by molar-refractivity contribution is -0.115. The molecule has 0 saturated carbocycles. The topological polar surface area (TPSA) is 66.9 Å². The Bertz CT molecular complexity index is 662. The van der Waals surface area contributed by atoms with Crippen LogP contribution in [0.2, 0.25) is 0 Å². The van der Waals surface area contributed by atoms with Gasteiger partial charge in [-0.05, 0) is 31.0 Å². The average molecular weight is 354 g/mol. The second-order valence-corrected chi connectivity index (χ2v) is 7.97. The Morgan fingerprint density at radius 1 is 1.35 bits per heavy atom. The number of hydrogen-bond acceptors (Lipinski definition) is 6. The van der Waals surface area contributed by atoms with Gasteiger partial charge in [-0.25, -0.2) is 4.39 Å². The Morgan fingerprint density at radius 3 is 2.83 bits per heavy atom. The van der Waals surface area contributed by atoms with Gasteiger partial charge in [-0.15, -0.1) is 10.2 Å². The molecule has 1 aromatic heterocycles. The number of thioether (sulfide) groups is 1. The van der Waals surface area contributed by atoms with Crippen molar-refractivity contribution in [3.63, 3.8) is 0 Å². The van der Waals surface area contributed by atoms with Gasteiger partial charge in [0, 0.05) is 12.2 Å². The van der Waals surface area contributed by atoms with E-state index in [4.69, 9.17) is 0 Å². The van der Waals surface area contributed by atoms with Gasteiger partial charge in [-0.1, -0.05) is 43.0 Å². The summed E-state index contributed by atoms with van der Waals surface area (Å²) < 4.78 is 13.8. The van der Waals surface area contributed by atoms with Crippen LogP contribution in [0.1, 0.15) is 20.8 Å². The largest absolute Gasteiger partial charge is 0.360 e. The summed E-state index contributed by atoms with van der Waals surface area (Å²) in [7, 11) is 0. The number of carbonyl (C=O) groups is 1. The highest BCUT2D eigenvalue weighted by molar-refractivity contribution is 8.02. The first-order valence-electron chi connectivity index (χ1n) is 7.24. The third-order valence-electron chi connectivity index (χ3n) is 2.81. The maximum atomic E-state index is 13.1. The van der Waals surface area contributed by atoms with Crippen LogP contribution in [0.4, 0.5) is 15.2 Å². The van der Waals surface area contributed by atoms with Gasteiger partial charge >= 0.3 is 0 Å². The number of carbonyl (C=O) groups excluding carboxylic acids is 1. The van der Waals surface area contributed by atoms with Crippen LogP contribution in [0.25, 0.3) is 0 Å². The lowest BCUT2D eigenvalue weighted by Crippen LogP contribution is -2.22. The Hall–Kier alpha value is -1.67. The quantitative estimate of drug-likeness (QED) is 0.739. The van der Waals surface area contributed by atoms with Gasteiger partial charge in [0.25, 0.3) is 0 Å². The minimum Gasteiger partial charge on any atom is -0.360 e. The van der Waals surface area contributed by atoms with Crippen molar-refractivity contribution in [3.05, 3.63) is 30.1 Å². The van der Waals surface area contributed by atoms with E-state index in [1.165, 1.54) is 35.2 Å². The predicted molar refractivity (Wildman–Crippen MR) is 93.6 cm³/mol. The number of nitrogens with zero attached hydrogens (tertiary/aromatic N) is 2. The zero-order chi connectivity index (χ0) is 16.8. The van der Waals surface area contributed by atoms with Crippen LogP contribution in [0.15, 0.2) is 28.6 Å². The summed E-state index contributed by atoms with van der Waals surface area (Å²) in [6.07, 6.45) is 0. The molecular weight excluding hydrogens is 335 g/mol. The number of aromatic nitrogens is 2. The first kappa shape index (κ1) is 17.7. The van der Waals surface area contributed by atoms with Gasteiger partial charge in [-0.2, -0.15) is 0 Å². The van der Waals surface area contributed by atoms with E-state index in [0.717, 1.165) is 16.0 Å². The molecule has 2 N–H and O–H groups in total. The van der Waals surface area contributed by atoms with E-state index in [0.29, 0.717) is 11.6 Å². The highest BCUT2D eigenvalue weighted by Crippen LogP contribution is 2.29. The minimum absolute atomic E-state index is 0.201. The number of anilines is 2. The lowest BCUT2D eigenvalue weighted by atomic mass is 10.2. The zero-order valence-electron chi connectivity index (χ0n) is 13.2. The lowest BCUT2D eigenvalue weighted by Gasteiger charge is -2.10. The highest BCUT2D eigenvalue weighted by Gasteiger charge is 2.17. The molecule has 0 saturated heterocycles. The van der Waals surface area contributed by atoms with Gasteiger partial charge in [0.05, 0.1) is 5.25 Å². The fourth-order valence-corrected chi connectivity index (χ4v) is 3.54. The van der Waals surface area contributed by atoms with Gasteiger partial charge in [0.1, 0.15) is 5.82 Å². The van der Waals surface area contributed by atoms with Crippen molar-refractivity contribution in [2.75, 3.05) is 17.2 Å². The van der Waals surface area contributed by atoms with E-state index in [9.17, 15) is 9.18 Å². The van der Waals surface area contributed by atoms with Crippen molar-refractivity contribution in [2.45, 2.75) is 30.4 Å². The van der Waals surface area contributed by atoms with Crippen LogP contribution < -0.4 is 10.6 Å². The molecule has 23 heavy (non-hydrogen) atoms. The summed E-state index contributed by atoms with van der Waals surface area (Å²) in [6, 6.07) is 5.83. The molecule has 1 unspecified atom stereocenters. The van der Waals surface area contributed by atoms with Gasteiger partial charge in [-0.3, -0.25) is 4.79 Å². The first-order valence-corrected chi connectivity index (χ1v) is 8.94. The van der Waals surface area contributed by atoms with E-state index < -0.39 is 0 Å². The van der Waals surface area contributed by atoms with Crippen molar-refractivity contribution in [1.29, 1.82) is 0 Å². The molecule has 1 aromatic carbocycles. The Kier molecular flexibility index (Phi) is 6.35. The molecule has 0 fully saturated rings. The third-order valence-corrected chi connectivity index (χ3v) is 4.87. The van der Waals surface area contributed by atoms with Crippen LogP contribution in [-0.4, -0.2) is 27.9 Å². The van der Waals surface area contributed by atoms with E-state index in [1.54, 1.807) is 19.1 Å². The Morgan fingerprint density at radius 2 is 2.13 bits per heavy atom. The molecule has 2 aromatic rings. The summed E-state index contributed by atoms with van der Waals surface area (Å²) >= 11 is 2.75. The molecule has 0 bridgehead atoms. The van der Waals surface area contributed by atoms with Gasteiger partial charge in [0.15, 0.2) is 4.34 Å². The van der Waals surface area contributed by atoms with Crippen LogP contribution >= 0.6 is 23.1 Å². The number of benzene rings is 1. The molecule has 1 amide bonds. The zero-order valence-corrected chi connectivity index (χ0v) is 14.8. The predicted octanol–water partition coefficient (Wildman–Crippen LogP) is 3.86. The van der Waals surface area contributed by atoms with E-state index in [1.807, 2.05) is 0 Å². The number of halogens is 1. The Labute approximate surface area is 143 Å². The summed E-state index contributed by atoms with van der Waals surface area (Å²) in [5.74, 6) is -0.0634. The standard InChI is InChI=1S/C15H19FN4OS2/c1-9(2)8-17-14-19-20-15(23-14)22-10(3)13(21)18-12-6-4-5-11(16)7-12/h4-7,9-10H,8H2,1-3H3,(H,17,19)(H,18,21). The van der Waals surface area contributed by atoms with E-state index >= 15 is 0 Å². The number of nitrogens with one attached hydrogen (secondary N) is 2. The number of hydrogen-bond donors (Lipinski definition) is 2. The van der Waals surface area contributed by atoms with Crippen molar-refractivity contribution >= 4 is 39.8 Å². The van der Waals surface area contributed by atoms with Crippen molar-refractivity contribution < 1.29 is 9.18 Å². The first-order chi connectivity index (χ1) is 10.9. The normalized spacial score (nSPS) is 12.2. The van der Waals surface area contributed by atoms with Crippen molar-refractivity contribution in [2.24, 2.45) is 5.92 Å². The maximum absolute atomic E-state index is 13.1. The van der Waals surface area contributed by atoms with Crippen molar-refractivity contribution in [1.82, 2.24) is 10.2 Å². The Balaban J connectivity index is 1.88. The molecule has 5 nitrogen and oxygen atoms in total. The number of amides is 1. The summed E-state index contributed by atoms with van der Waals surface area (Å²) in [5.41, 5.74) is 0.444. The van der Waals surface area contributed by atoms with E-state index in [2.05, 4.69) is 34.7 Å². The van der Waals surface area contributed by atoms with Crippen LogP contribution in [0.5, 0.6) is 0 Å². The summed E-state index contributed by atoms with van der Waals surface area (Å²) in [4.78, 5) is 12.1.